The van der Waals surface area contributed by atoms with Gasteiger partial charge in [-0.05, 0) is 88.6 Å². The Morgan fingerprint density at radius 3 is 2.68 bits per heavy atom. The highest BCUT2D eigenvalue weighted by molar-refractivity contribution is 9.10. The number of hydrogen-bond acceptors (Lipinski definition) is 5. The lowest BCUT2D eigenvalue weighted by atomic mass is 9.74. The molecule has 3 aromatic carbocycles. The van der Waals surface area contributed by atoms with Crippen LogP contribution in [-0.2, 0) is 6.61 Å². The van der Waals surface area contributed by atoms with Gasteiger partial charge in [-0.1, -0.05) is 41.4 Å². The number of anilines is 1. The molecule has 1 aliphatic carbocycles. The van der Waals surface area contributed by atoms with E-state index >= 15 is 0 Å². The van der Waals surface area contributed by atoms with Crippen molar-refractivity contribution in [1.82, 2.24) is 0 Å². The number of nitrogens with zero attached hydrogens (tertiary/aromatic N) is 1. The number of methoxy groups -OCH3 is 1. The molecule has 0 amide bonds. The van der Waals surface area contributed by atoms with Crippen LogP contribution in [0.25, 0.3) is 0 Å². The second-order valence-corrected chi connectivity index (χ2v) is 11.1. The van der Waals surface area contributed by atoms with E-state index in [2.05, 4.69) is 33.4 Å². The molecule has 1 N–H and O–H groups in total. The summed E-state index contributed by atoms with van der Waals surface area (Å²) in [5.74, 6) is 1.41. The molecule has 0 saturated carbocycles. The summed E-state index contributed by atoms with van der Waals surface area (Å²) in [4.78, 5) is 11.7. The van der Waals surface area contributed by atoms with Gasteiger partial charge in [0.15, 0.2) is 11.5 Å². The molecule has 0 aromatic heterocycles. The fraction of sp³-hybridized carbons (Fsp3) is 0.286. The molecular weight excluding hydrogens is 579 g/mol. The monoisotopic (exact) mass is 602 g/mol. The Morgan fingerprint density at radius 2 is 1.97 bits per heavy atom. The number of ether oxygens (including phenoxy) is 2. The molecule has 3 aromatic rings. The van der Waals surface area contributed by atoms with Crippen molar-refractivity contribution in [2.45, 2.75) is 38.8 Å². The van der Waals surface area contributed by atoms with Crippen LogP contribution < -0.4 is 14.8 Å². The Kier molecular flexibility index (Phi) is 7.14. The Labute approximate surface area is 233 Å². The Balaban J connectivity index is 1.52. The third-order valence-corrected chi connectivity index (χ3v) is 8.52. The van der Waals surface area contributed by atoms with Gasteiger partial charge in [-0.15, -0.1) is 0 Å². The third-order valence-electron chi connectivity index (χ3n) is 7.34. The fourth-order valence-electron chi connectivity index (χ4n) is 5.40. The summed E-state index contributed by atoms with van der Waals surface area (Å²) in [6.07, 6.45) is 5.23. The average Bonchev–Trinajstić information content (AvgIpc) is 3.35. The lowest BCUT2D eigenvalue weighted by Gasteiger charge is -2.38. The van der Waals surface area contributed by atoms with Gasteiger partial charge in [-0.2, -0.15) is 0 Å². The first-order valence-electron chi connectivity index (χ1n) is 11.9. The minimum absolute atomic E-state index is 0.0904. The van der Waals surface area contributed by atoms with Crippen LogP contribution in [-0.4, -0.2) is 12.0 Å². The summed E-state index contributed by atoms with van der Waals surface area (Å²) in [6.45, 7) is 4.21. The van der Waals surface area contributed by atoms with E-state index in [1.807, 2.05) is 32.0 Å². The molecular formula is C28H25BrCl2N2O4. The zero-order valence-electron chi connectivity index (χ0n) is 20.5. The second-order valence-electron chi connectivity index (χ2n) is 9.42. The smallest absolute Gasteiger partial charge is 0.292 e. The standard InChI is InChI=1S/C28H25BrCl2N2O4/c1-14-9-23(33(34)35)27-25(15(14)2)19-5-4-6-20(19)26(32-27)17-10-21(29)28(24(11-17)36-3)37-13-16-7-8-18(30)12-22(16)31/h4-5,7-12,19-20,26,32H,6,13H2,1-3H3/t19-,20-,26+/m1/s1. The molecule has 0 bridgehead atoms. The molecule has 192 valence electrons. The predicted molar refractivity (Wildman–Crippen MR) is 150 cm³/mol. The van der Waals surface area contributed by atoms with E-state index in [1.165, 1.54) is 0 Å². The van der Waals surface area contributed by atoms with E-state index < -0.39 is 0 Å². The minimum atomic E-state index is -0.302. The van der Waals surface area contributed by atoms with Crippen molar-refractivity contribution in [3.05, 3.63) is 101 Å². The number of allylic oxidation sites excluding steroid dienone is 2. The van der Waals surface area contributed by atoms with Gasteiger partial charge in [-0.3, -0.25) is 10.1 Å². The summed E-state index contributed by atoms with van der Waals surface area (Å²) in [5, 5.41) is 16.6. The maximum absolute atomic E-state index is 12.0. The van der Waals surface area contributed by atoms with E-state index in [0.717, 1.165) is 38.7 Å². The zero-order chi connectivity index (χ0) is 26.4. The second kappa shape index (κ2) is 10.2. The van der Waals surface area contributed by atoms with E-state index in [-0.39, 0.29) is 35.1 Å². The van der Waals surface area contributed by atoms with Gasteiger partial charge in [0.25, 0.3) is 5.69 Å². The number of fused-ring (bicyclic) bond motifs is 3. The normalized spacial score (nSPS) is 19.7. The topological polar surface area (TPSA) is 73.6 Å². The van der Waals surface area contributed by atoms with Crippen molar-refractivity contribution in [3.8, 4) is 11.5 Å². The van der Waals surface area contributed by atoms with Crippen molar-refractivity contribution in [3.63, 3.8) is 0 Å². The molecule has 0 spiro atoms. The third kappa shape index (κ3) is 4.69. The molecule has 6 nitrogen and oxygen atoms in total. The average molecular weight is 604 g/mol. The lowest BCUT2D eigenvalue weighted by Crippen LogP contribution is -2.30. The zero-order valence-corrected chi connectivity index (χ0v) is 23.6. The van der Waals surface area contributed by atoms with Crippen LogP contribution in [0.5, 0.6) is 11.5 Å². The summed E-state index contributed by atoms with van der Waals surface area (Å²) < 4.78 is 12.5. The van der Waals surface area contributed by atoms with Crippen LogP contribution in [0.4, 0.5) is 11.4 Å². The van der Waals surface area contributed by atoms with Gasteiger partial charge in [-0.25, -0.2) is 0 Å². The maximum Gasteiger partial charge on any atom is 0.292 e. The highest BCUT2D eigenvalue weighted by atomic mass is 79.9. The largest absolute Gasteiger partial charge is 0.493 e. The molecule has 9 heteroatoms. The summed E-state index contributed by atoms with van der Waals surface area (Å²) in [7, 11) is 1.59. The van der Waals surface area contributed by atoms with Gasteiger partial charge in [0.2, 0.25) is 0 Å². The molecule has 0 fully saturated rings. The number of hydrogen-bond donors (Lipinski definition) is 1. The first-order chi connectivity index (χ1) is 17.7. The predicted octanol–water partition coefficient (Wildman–Crippen LogP) is 8.70. The summed E-state index contributed by atoms with van der Waals surface area (Å²) >= 11 is 16.0. The Morgan fingerprint density at radius 1 is 1.19 bits per heavy atom. The number of aryl methyl sites for hydroxylation is 1. The first kappa shape index (κ1) is 25.9. The van der Waals surface area contributed by atoms with Crippen molar-refractivity contribution in [2.75, 3.05) is 12.4 Å². The molecule has 2 aliphatic rings. The molecule has 3 atom stereocenters. The molecule has 1 heterocycles. The number of halogens is 3. The van der Waals surface area contributed by atoms with Gasteiger partial charge in [0, 0.05) is 27.6 Å². The quantitative estimate of drug-likeness (QED) is 0.173. The minimum Gasteiger partial charge on any atom is -0.493 e. The number of nitrogens with one attached hydrogen (secondary N) is 1. The lowest BCUT2D eigenvalue weighted by molar-refractivity contribution is -0.384. The molecule has 1 aliphatic heterocycles. The van der Waals surface area contributed by atoms with Crippen LogP contribution in [0.2, 0.25) is 10.0 Å². The van der Waals surface area contributed by atoms with Gasteiger partial charge < -0.3 is 14.8 Å². The van der Waals surface area contributed by atoms with Crippen LogP contribution >= 0.6 is 39.1 Å². The van der Waals surface area contributed by atoms with E-state index in [0.29, 0.717) is 27.2 Å². The molecule has 37 heavy (non-hydrogen) atoms. The highest BCUT2D eigenvalue weighted by Crippen LogP contribution is 2.54. The molecule has 5 rings (SSSR count). The van der Waals surface area contributed by atoms with Gasteiger partial charge >= 0.3 is 0 Å². The van der Waals surface area contributed by atoms with Crippen molar-refractivity contribution < 1.29 is 14.4 Å². The Hall–Kier alpha value is -2.74. The fourth-order valence-corrected chi connectivity index (χ4v) is 6.44. The molecule has 0 radical (unpaired) electrons. The first-order valence-corrected chi connectivity index (χ1v) is 13.4. The van der Waals surface area contributed by atoms with Crippen LogP contribution in [0.1, 0.15) is 46.2 Å². The highest BCUT2D eigenvalue weighted by Gasteiger charge is 2.42. The maximum atomic E-state index is 12.0. The summed E-state index contributed by atoms with van der Waals surface area (Å²) in [6, 6.07) is 10.7. The van der Waals surface area contributed by atoms with Crippen molar-refractivity contribution in [1.29, 1.82) is 0 Å². The molecule has 0 saturated heterocycles. The van der Waals surface area contributed by atoms with Gasteiger partial charge in [0.05, 0.1) is 22.5 Å². The number of benzene rings is 3. The number of nitro groups is 1. The van der Waals surface area contributed by atoms with Crippen molar-refractivity contribution >= 4 is 50.5 Å². The van der Waals surface area contributed by atoms with E-state index in [4.69, 9.17) is 32.7 Å². The van der Waals surface area contributed by atoms with E-state index in [1.54, 1.807) is 25.3 Å². The van der Waals surface area contributed by atoms with Gasteiger partial charge in [0.1, 0.15) is 12.3 Å². The summed E-state index contributed by atoms with van der Waals surface area (Å²) in [5.41, 5.74) is 5.50. The van der Waals surface area contributed by atoms with E-state index in [9.17, 15) is 10.1 Å². The Bertz CT molecular complexity index is 1440. The van der Waals surface area contributed by atoms with Crippen molar-refractivity contribution in [2.24, 2.45) is 5.92 Å². The molecule has 0 unspecified atom stereocenters. The van der Waals surface area contributed by atoms with Crippen LogP contribution in [0.15, 0.2) is 53.0 Å². The van der Waals surface area contributed by atoms with Crippen LogP contribution in [0, 0.1) is 29.9 Å². The number of nitro benzene ring substituents is 1. The number of rotatable bonds is 6. The SMILES string of the molecule is COc1cc([C@@H]2Nc3c([N+](=O)[O-])cc(C)c(C)c3[C@@H]3C=CC[C@H]32)cc(Br)c1OCc1ccc(Cl)cc1Cl. The van der Waals surface area contributed by atoms with Crippen LogP contribution in [0.3, 0.4) is 0 Å².